The Morgan fingerprint density at radius 1 is 1.17 bits per heavy atom. The van der Waals surface area contributed by atoms with Crippen molar-refractivity contribution in [3.8, 4) is 5.75 Å². The van der Waals surface area contributed by atoms with E-state index in [1.165, 1.54) is 0 Å². The number of phenolic OH excluding ortho intramolecular Hbond substituents is 1. The molecule has 0 saturated carbocycles. The Bertz CT molecular complexity index is 702. The molecule has 3 rings (SSSR count). The Morgan fingerprint density at radius 2 is 1.87 bits per heavy atom. The van der Waals surface area contributed by atoms with Crippen LogP contribution >= 0.6 is 15.9 Å². The van der Waals surface area contributed by atoms with Gasteiger partial charge in [0.15, 0.2) is 0 Å². The molecule has 120 valence electrons. The van der Waals surface area contributed by atoms with Gasteiger partial charge < -0.3 is 10.2 Å². The quantitative estimate of drug-likeness (QED) is 0.853. The third kappa shape index (κ3) is 3.26. The van der Waals surface area contributed by atoms with E-state index in [2.05, 4.69) is 15.9 Å². The summed E-state index contributed by atoms with van der Waals surface area (Å²) < 4.78 is 0.966. The van der Waals surface area contributed by atoms with Crippen LogP contribution in [0, 0.1) is 0 Å². The zero-order valence-electron chi connectivity index (χ0n) is 12.5. The number of benzene rings is 2. The van der Waals surface area contributed by atoms with E-state index in [9.17, 15) is 15.0 Å². The van der Waals surface area contributed by atoms with E-state index in [0.29, 0.717) is 13.0 Å². The highest BCUT2D eigenvalue weighted by molar-refractivity contribution is 9.10. The molecule has 1 aliphatic rings. The molecule has 0 bridgehead atoms. The minimum Gasteiger partial charge on any atom is -0.508 e. The van der Waals surface area contributed by atoms with E-state index in [4.69, 9.17) is 0 Å². The van der Waals surface area contributed by atoms with Crippen molar-refractivity contribution in [1.29, 1.82) is 0 Å². The number of carboxylic acids is 1. The molecular weight excluding hydrogens is 358 g/mol. The summed E-state index contributed by atoms with van der Waals surface area (Å²) in [6.45, 7) is 0.700. The maximum Gasteiger partial charge on any atom is 0.320 e. The van der Waals surface area contributed by atoms with Crippen molar-refractivity contribution in [2.45, 2.75) is 24.9 Å². The van der Waals surface area contributed by atoms with Gasteiger partial charge in [0, 0.05) is 16.6 Å². The number of phenols is 1. The monoisotopic (exact) mass is 375 g/mol. The molecule has 2 aromatic rings. The number of para-hydroxylation sites is 1. The molecule has 1 aliphatic heterocycles. The molecule has 2 N–H and O–H groups in total. The Kier molecular flexibility index (Phi) is 4.68. The van der Waals surface area contributed by atoms with Crippen LogP contribution in [-0.4, -0.2) is 33.7 Å². The maximum absolute atomic E-state index is 11.6. The van der Waals surface area contributed by atoms with Gasteiger partial charge in [0.1, 0.15) is 11.8 Å². The summed E-state index contributed by atoms with van der Waals surface area (Å²) in [6.07, 6.45) is 1.48. The summed E-state index contributed by atoms with van der Waals surface area (Å²) in [4.78, 5) is 13.6. The SMILES string of the molecule is O=C(O)[C@@H]1CCCN1C(c1ccc(Br)cc1)c1ccccc1O. The molecule has 23 heavy (non-hydrogen) atoms. The Morgan fingerprint density at radius 3 is 2.52 bits per heavy atom. The van der Waals surface area contributed by atoms with Gasteiger partial charge in [-0.2, -0.15) is 0 Å². The van der Waals surface area contributed by atoms with Crippen molar-refractivity contribution in [3.05, 3.63) is 64.1 Å². The van der Waals surface area contributed by atoms with Crippen LogP contribution in [0.1, 0.15) is 30.0 Å². The van der Waals surface area contributed by atoms with Crippen molar-refractivity contribution in [1.82, 2.24) is 4.90 Å². The number of halogens is 1. The lowest BCUT2D eigenvalue weighted by molar-refractivity contribution is -0.142. The fraction of sp³-hybridized carbons (Fsp3) is 0.278. The molecule has 1 saturated heterocycles. The number of carboxylic acid groups (broad SMARTS) is 1. The van der Waals surface area contributed by atoms with Crippen LogP contribution < -0.4 is 0 Å². The number of nitrogens with zero attached hydrogens (tertiary/aromatic N) is 1. The molecule has 2 atom stereocenters. The van der Waals surface area contributed by atoms with Gasteiger partial charge in [-0.05, 0) is 36.6 Å². The molecule has 0 aliphatic carbocycles. The highest BCUT2D eigenvalue weighted by Crippen LogP contribution is 2.38. The van der Waals surface area contributed by atoms with Crippen molar-refractivity contribution in [2.24, 2.45) is 0 Å². The molecule has 4 nitrogen and oxygen atoms in total. The Labute approximate surface area is 143 Å². The number of rotatable bonds is 4. The minimum atomic E-state index is -0.806. The van der Waals surface area contributed by atoms with Gasteiger partial charge in [0.2, 0.25) is 0 Å². The number of hydrogen-bond acceptors (Lipinski definition) is 3. The van der Waals surface area contributed by atoms with Crippen LogP contribution in [0.5, 0.6) is 5.75 Å². The second-order valence-electron chi connectivity index (χ2n) is 5.75. The van der Waals surface area contributed by atoms with E-state index in [1.54, 1.807) is 12.1 Å². The van der Waals surface area contributed by atoms with E-state index in [1.807, 2.05) is 41.3 Å². The average molecular weight is 376 g/mol. The highest BCUT2D eigenvalue weighted by Gasteiger charge is 2.37. The molecular formula is C18H18BrNO3. The fourth-order valence-corrected chi connectivity index (χ4v) is 3.54. The number of aromatic hydroxyl groups is 1. The summed E-state index contributed by atoms with van der Waals surface area (Å²) in [6, 6.07) is 14.2. The average Bonchev–Trinajstić information content (AvgIpc) is 3.01. The van der Waals surface area contributed by atoms with E-state index >= 15 is 0 Å². The lowest BCUT2D eigenvalue weighted by Crippen LogP contribution is -2.39. The third-order valence-electron chi connectivity index (χ3n) is 4.33. The lowest BCUT2D eigenvalue weighted by Gasteiger charge is -2.32. The van der Waals surface area contributed by atoms with Crippen LogP contribution in [-0.2, 0) is 4.79 Å². The second kappa shape index (κ2) is 6.72. The van der Waals surface area contributed by atoms with Crippen LogP contribution in [0.15, 0.2) is 53.0 Å². The van der Waals surface area contributed by atoms with Gasteiger partial charge in [0.05, 0.1) is 6.04 Å². The molecule has 1 heterocycles. The van der Waals surface area contributed by atoms with Gasteiger partial charge >= 0.3 is 5.97 Å². The number of carbonyl (C=O) groups is 1. The van der Waals surface area contributed by atoms with Gasteiger partial charge in [-0.25, -0.2) is 0 Å². The predicted molar refractivity (Wildman–Crippen MR) is 91.5 cm³/mol. The van der Waals surface area contributed by atoms with Gasteiger partial charge in [-0.15, -0.1) is 0 Å². The van der Waals surface area contributed by atoms with Crippen molar-refractivity contribution in [2.75, 3.05) is 6.54 Å². The Balaban J connectivity index is 2.08. The predicted octanol–water partition coefficient (Wildman–Crippen LogP) is 3.79. The normalized spacial score (nSPS) is 19.6. The van der Waals surface area contributed by atoms with Crippen LogP contribution in [0.4, 0.5) is 0 Å². The molecule has 0 spiro atoms. The first-order chi connectivity index (χ1) is 11.1. The molecule has 0 amide bonds. The van der Waals surface area contributed by atoms with Gasteiger partial charge in [0.25, 0.3) is 0 Å². The van der Waals surface area contributed by atoms with E-state index < -0.39 is 12.0 Å². The highest BCUT2D eigenvalue weighted by atomic mass is 79.9. The zero-order chi connectivity index (χ0) is 16.4. The van der Waals surface area contributed by atoms with Crippen LogP contribution in [0.25, 0.3) is 0 Å². The summed E-state index contributed by atoms with van der Waals surface area (Å²) in [5.41, 5.74) is 1.71. The maximum atomic E-state index is 11.6. The van der Waals surface area contributed by atoms with E-state index in [-0.39, 0.29) is 11.8 Å². The molecule has 0 aromatic heterocycles. The largest absolute Gasteiger partial charge is 0.508 e. The number of likely N-dealkylation sites (tertiary alicyclic amines) is 1. The first-order valence-corrected chi connectivity index (χ1v) is 8.39. The van der Waals surface area contributed by atoms with Crippen molar-refractivity contribution in [3.63, 3.8) is 0 Å². The Hall–Kier alpha value is -1.85. The molecule has 5 heteroatoms. The number of hydrogen-bond donors (Lipinski definition) is 2. The lowest BCUT2D eigenvalue weighted by atomic mass is 9.95. The van der Waals surface area contributed by atoms with E-state index in [0.717, 1.165) is 22.0 Å². The first-order valence-electron chi connectivity index (χ1n) is 7.60. The van der Waals surface area contributed by atoms with Crippen LogP contribution in [0.3, 0.4) is 0 Å². The van der Waals surface area contributed by atoms with Crippen LogP contribution in [0.2, 0.25) is 0 Å². The molecule has 1 fully saturated rings. The smallest absolute Gasteiger partial charge is 0.320 e. The molecule has 2 aromatic carbocycles. The fourth-order valence-electron chi connectivity index (χ4n) is 3.28. The first kappa shape index (κ1) is 16.0. The molecule has 0 radical (unpaired) electrons. The standard InChI is InChI=1S/C18H18BrNO3/c19-13-9-7-12(8-10-13)17(14-4-1-2-6-16(14)21)20-11-3-5-15(20)18(22)23/h1-2,4,6-10,15,17,21H,3,5,11H2,(H,22,23)/t15-,17?/m0/s1. The second-order valence-corrected chi connectivity index (χ2v) is 6.66. The minimum absolute atomic E-state index is 0.191. The molecule has 1 unspecified atom stereocenters. The topological polar surface area (TPSA) is 60.8 Å². The van der Waals surface area contributed by atoms with Gasteiger partial charge in [-0.1, -0.05) is 46.3 Å². The van der Waals surface area contributed by atoms with Crippen molar-refractivity contribution < 1.29 is 15.0 Å². The summed E-state index contributed by atoms with van der Waals surface area (Å²) in [7, 11) is 0. The van der Waals surface area contributed by atoms with Crippen molar-refractivity contribution >= 4 is 21.9 Å². The summed E-state index contributed by atoms with van der Waals surface area (Å²) >= 11 is 3.43. The third-order valence-corrected chi connectivity index (χ3v) is 4.86. The summed E-state index contributed by atoms with van der Waals surface area (Å²) in [5, 5.41) is 19.8. The summed E-state index contributed by atoms with van der Waals surface area (Å²) in [5.74, 6) is -0.614. The van der Waals surface area contributed by atoms with Gasteiger partial charge in [-0.3, -0.25) is 9.69 Å². The number of aliphatic carboxylic acids is 1. The zero-order valence-corrected chi connectivity index (χ0v) is 14.1.